The number of rotatable bonds is 3. The second kappa shape index (κ2) is 5.26. The molecule has 0 heterocycles. The summed E-state index contributed by atoms with van der Waals surface area (Å²) in [7, 11) is 0. The van der Waals surface area contributed by atoms with E-state index in [9.17, 15) is 0 Å². The van der Waals surface area contributed by atoms with E-state index in [-0.39, 0.29) is 6.10 Å². The van der Waals surface area contributed by atoms with Gasteiger partial charge in [-0.05, 0) is 61.3 Å². The Morgan fingerprint density at radius 2 is 1.68 bits per heavy atom. The molecular weight excluding hydrogens is 236 g/mol. The van der Waals surface area contributed by atoms with Crippen LogP contribution < -0.4 is 0 Å². The molecule has 2 saturated carbocycles. The van der Waals surface area contributed by atoms with Crippen LogP contribution in [0.25, 0.3) is 0 Å². The van der Waals surface area contributed by atoms with Crippen LogP contribution in [0.15, 0.2) is 12.1 Å². The Hall–Kier alpha value is -0.860. The summed E-state index contributed by atoms with van der Waals surface area (Å²) >= 11 is 0. The predicted octanol–water partition coefficient (Wildman–Crippen LogP) is 4.70. The fraction of sp³-hybridized carbons (Fsp3) is 0.647. The summed E-state index contributed by atoms with van der Waals surface area (Å²) in [5, 5.41) is 8.73. The largest absolute Gasteiger partial charge is 0.252 e. The third-order valence-electron chi connectivity index (χ3n) is 4.92. The molecule has 0 aliphatic heterocycles. The highest BCUT2D eigenvalue weighted by molar-refractivity contribution is 5.43. The van der Waals surface area contributed by atoms with E-state index in [4.69, 9.17) is 5.26 Å². The molecule has 1 unspecified atom stereocenters. The van der Waals surface area contributed by atoms with E-state index in [0.717, 1.165) is 12.3 Å². The van der Waals surface area contributed by atoms with Gasteiger partial charge >= 0.3 is 0 Å². The topological polar surface area (TPSA) is 29.5 Å². The Labute approximate surface area is 115 Å². The Morgan fingerprint density at radius 3 is 2.21 bits per heavy atom. The van der Waals surface area contributed by atoms with Gasteiger partial charge in [-0.1, -0.05) is 31.4 Å². The Bertz CT molecular complexity index is 437. The second-order valence-electron chi connectivity index (χ2n) is 6.39. The van der Waals surface area contributed by atoms with Crippen molar-refractivity contribution in [1.82, 2.24) is 0 Å². The lowest BCUT2D eigenvalue weighted by atomic mass is 9.79. The Balaban J connectivity index is 1.85. The van der Waals surface area contributed by atoms with Gasteiger partial charge in [-0.2, -0.15) is 0 Å². The lowest BCUT2D eigenvalue weighted by molar-refractivity contribution is -0.253. The minimum atomic E-state index is 0.0272. The summed E-state index contributed by atoms with van der Waals surface area (Å²) < 4.78 is 0. The first-order valence-electron chi connectivity index (χ1n) is 7.62. The molecule has 2 nitrogen and oxygen atoms in total. The summed E-state index contributed by atoms with van der Waals surface area (Å²) in [6.07, 6.45) is 7.87. The minimum absolute atomic E-state index is 0.0272. The van der Waals surface area contributed by atoms with Crippen LogP contribution in [0.1, 0.15) is 72.6 Å². The molecule has 0 bridgehead atoms. The highest BCUT2D eigenvalue weighted by Crippen LogP contribution is 2.45. The van der Waals surface area contributed by atoms with Gasteiger partial charge in [-0.25, -0.2) is 4.89 Å². The molecule has 2 atom stereocenters. The average Bonchev–Trinajstić information content (AvgIpc) is 3.18. The number of benzene rings is 1. The first kappa shape index (κ1) is 13.1. The van der Waals surface area contributed by atoms with Gasteiger partial charge < -0.3 is 0 Å². The molecule has 1 aromatic carbocycles. The number of aryl methyl sites for hydroxylation is 2. The van der Waals surface area contributed by atoms with Crippen LogP contribution in [-0.4, -0.2) is 11.4 Å². The maximum absolute atomic E-state index is 8.73. The predicted molar refractivity (Wildman–Crippen MR) is 76.6 cm³/mol. The highest BCUT2D eigenvalue weighted by atomic mass is 17.1. The van der Waals surface area contributed by atoms with Crippen LogP contribution in [0.2, 0.25) is 0 Å². The van der Waals surface area contributed by atoms with Crippen LogP contribution >= 0.6 is 0 Å². The van der Waals surface area contributed by atoms with Crippen molar-refractivity contribution in [2.24, 2.45) is 0 Å². The highest BCUT2D eigenvalue weighted by Gasteiger charge is 2.40. The summed E-state index contributed by atoms with van der Waals surface area (Å²) in [5.41, 5.74) is 5.80. The van der Waals surface area contributed by atoms with Crippen molar-refractivity contribution >= 4 is 0 Å². The van der Waals surface area contributed by atoms with Crippen LogP contribution in [0.5, 0.6) is 0 Å². The van der Waals surface area contributed by atoms with Crippen molar-refractivity contribution in [1.29, 1.82) is 0 Å². The quantitative estimate of drug-likeness (QED) is 0.630. The molecule has 2 aliphatic carbocycles. The zero-order valence-corrected chi connectivity index (χ0v) is 12.0. The summed E-state index contributed by atoms with van der Waals surface area (Å²) in [6.45, 7) is 4.50. The van der Waals surface area contributed by atoms with Crippen LogP contribution in [0.3, 0.4) is 0 Å². The first-order chi connectivity index (χ1) is 9.20. The molecule has 0 aromatic heterocycles. The van der Waals surface area contributed by atoms with Crippen molar-refractivity contribution in [3.8, 4) is 0 Å². The summed E-state index contributed by atoms with van der Waals surface area (Å²) in [4.78, 5) is 4.45. The van der Waals surface area contributed by atoms with Crippen LogP contribution in [0, 0.1) is 13.8 Å². The van der Waals surface area contributed by atoms with E-state index in [2.05, 4.69) is 30.9 Å². The van der Waals surface area contributed by atoms with Crippen LogP contribution in [-0.2, 0) is 4.89 Å². The number of hydrogen-bond donors (Lipinski definition) is 1. The van der Waals surface area contributed by atoms with E-state index in [1.807, 2.05) is 0 Å². The minimum Gasteiger partial charge on any atom is -0.252 e. The smallest absolute Gasteiger partial charge is 0.100 e. The van der Waals surface area contributed by atoms with Gasteiger partial charge in [0.25, 0.3) is 0 Å². The fourth-order valence-electron chi connectivity index (χ4n) is 3.90. The second-order valence-corrected chi connectivity index (χ2v) is 6.39. The van der Waals surface area contributed by atoms with Gasteiger partial charge in [0.15, 0.2) is 0 Å². The lowest BCUT2D eigenvalue weighted by Crippen LogP contribution is -2.09. The average molecular weight is 260 g/mol. The van der Waals surface area contributed by atoms with E-state index in [0.29, 0.717) is 5.92 Å². The maximum Gasteiger partial charge on any atom is 0.100 e. The van der Waals surface area contributed by atoms with Crippen molar-refractivity contribution in [2.75, 3.05) is 0 Å². The molecule has 2 heteroatoms. The third-order valence-corrected chi connectivity index (χ3v) is 4.92. The molecular formula is C17H24O2. The molecule has 0 radical (unpaired) electrons. The zero-order chi connectivity index (χ0) is 13.4. The molecule has 0 saturated heterocycles. The van der Waals surface area contributed by atoms with Crippen molar-refractivity contribution in [3.05, 3.63) is 34.4 Å². The maximum atomic E-state index is 8.73. The van der Waals surface area contributed by atoms with Gasteiger partial charge in [0.05, 0.1) is 0 Å². The van der Waals surface area contributed by atoms with E-state index in [1.165, 1.54) is 48.8 Å². The molecule has 104 valence electrons. The van der Waals surface area contributed by atoms with Gasteiger partial charge in [-0.3, -0.25) is 5.26 Å². The summed E-state index contributed by atoms with van der Waals surface area (Å²) in [5.74, 6) is 1.18. The molecule has 0 amide bonds. The van der Waals surface area contributed by atoms with Gasteiger partial charge in [0, 0.05) is 5.92 Å². The number of hydrogen-bond acceptors (Lipinski definition) is 2. The zero-order valence-electron chi connectivity index (χ0n) is 12.0. The SMILES string of the molecule is Cc1cc(C2C[C@@H]2OO)cc(C)c1C1CCCCC1. The molecule has 3 rings (SSSR count). The molecule has 0 spiro atoms. The first-order valence-corrected chi connectivity index (χ1v) is 7.62. The molecule has 2 aliphatic rings. The monoisotopic (exact) mass is 260 g/mol. The normalized spacial score (nSPS) is 27.5. The standard InChI is InChI=1S/C17H24O2/c1-11-8-14(15-10-16(15)19-18)9-12(2)17(11)13-6-4-3-5-7-13/h8-9,13,15-16,18H,3-7,10H2,1-2H3/t15?,16-/m0/s1. The Kier molecular flexibility index (Phi) is 3.64. The van der Waals surface area contributed by atoms with E-state index < -0.39 is 0 Å². The van der Waals surface area contributed by atoms with Crippen LogP contribution in [0.4, 0.5) is 0 Å². The molecule has 19 heavy (non-hydrogen) atoms. The summed E-state index contributed by atoms with van der Waals surface area (Å²) in [6, 6.07) is 4.64. The molecule has 1 N–H and O–H groups in total. The van der Waals surface area contributed by atoms with Crippen molar-refractivity contribution in [2.45, 2.75) is 70.3 Å². The van der Waals surface area contributed by atoms with Gasteiger partial charge in [0.2, 0.25) is 0 Å². The van der Waals surface area contributed by atoms with Crippen molar-refractivity contribution in [3.63, 3.8) is 0 Å². The lowest BCUT2D eigenvalue weighted by Gasteiger charge is -2.26. The van der Waals surface area contributed by atoms with E-state index in [1.54, 1.807) is 5.56 Å². The van der Waals surface area contributed by atoms with Crippen molar-refractivity contribution < 1.29 is 10.1 Å². The fourth-order valence-corrected chi connectivity index (χ4v) is 3.90. The Morgan fingerprint density at radius 1 is 1.05 bits per heavy atom. The van der Waals surface area contributed by atoms with Gasteiger partial charge in [-0.15, -0.1) is 0 Å². The molecule has 1 aromatic rings. The third kappa shape index (κ3) is 2.56. The van der Waals surface area contributed by atoms with Gasteiger partial charge in [0.1, 0.15) is 6.10 Å². The van der Waals surface area contributed by atoms with E-state index >= 15 is 0 Å². The molecule has 2 fully saturated rings.